The Morgan fingerprint density at radius 1 is 1.43 bits per heavy atom. The lowest BCUT2D eigenvalue weighted by Crippen LogP contribution is -2.47. The summed E-state index contributed by atoms with van der Waals surface area (Å²) in [6, 6.07) is 2.87. The lowest BCUT2D eigenvalue weighted by Gasteiger charge is -2.35. The Morgan fingerprint density at radius 2 is 2.19 bits per heavy atom. The van der Waals surface area contributed by atoms with Gasteiger partial charge in [0.25, 0.3) is 5.91 Å². The zero-order chi connectivity index (χ0) is 14.3. The van der Waals surface area contributed by atoms with Crippen molar-refractivity contribution in [2.24, 2.45) is 5.92 Å². The summed E-state index contributed by atoms with van der Waals surface area (Å²) < 4.78 is 3.04. The number of hydrogen-bond acceptors (Lipinski definition) is 2. The molecule has 3 heterocycles. The van der Waals surface area contributed by atoms with Crippen LogP contribution in [0.3, 0.4) is 0 Å². The summed E-state index contributed by atoms with van der Waals surface area (Å²) in [6.07, 6.45) is 4.28. The monoisotopic (exact) mass is 375 g/mol. The van der Waals surface area contributed by atoms with Gasteiger partial charge in [0, 0.05) is 35.8 Å². The molecule has 0 radical (unpaired) electrons. The fraction of sp³-hybridized carbons (Fsp3) is 0.667. The van der Waals surface area contributed by atoms with E-state index in [1.807, 2.05) is 17.2 Å². The van der Waals surface area contributed by atoms with Crippen LogP contribution in [0.5, 0.6) is 0 Å². The number of fused-ring (bicyclic) bond motifs is 1. The molecule has 1 aromatic rings. The van der Waals surface area contributed by atoms with Crippen molar-refractivity contribution in [2.45, 2.75) is 38.8 Å². The van der Waals surface area contributed by atoms with Crippen LogP contribution in [0.1, 0.15) is 43.2 Å². The topological polar surface area (TPSA) is 37.3 Å². The minimum atomic E-state index is 0. The lowest BCUT2D eigenvalue weighted by atomic mass is 9.93. The molecule has 0 aliphatic carbocycles. The van der Waals surface area contributed by atoms with Gasteiger partial charge in [-0.25, -0.2) is 0 Å². The molecule has 0 saturated carbocycles. The summed E-state index contributed by atoms with van der Waals surface area (Å²) in [5.74, 6) is 0.813. The Kier molecular flexibility index (Phi) is 5.38. The third kappa shape index (κ3) is 3.30. The molecule has 0 spiro atoms. The van der Waals surface area contributed by atoms with E-state index in [2.05, 4.69) is 39.7 Å². The van der Waals surface area contributed by atoms with Crippen LogP contribution >= 0.6 is 28.3 Å². The van der Waals surface area contributed by atoms with Crippen molar-refractivity contribution in [1.82, 2.24) is 14.8 Å². The van der Waals surface area contributed by atoms with Crippen molar-refractivity contribution in [2.75, 3.05) is 19.6 Å². The van der Waals surface area contributed by atoms with E-state index >= 15 is 0 Å². The first-order chi connectivity index (χ1) is 9.56. The van der Waals surface area contributed by atoms with Gasteiger partial charge in [-0.05, 0) is 61.1 Å². The van der Waals surface area contributed by atoms with Gasteiger partial charge in [-0.2, -0.15) is 0 Å². The van der Waals surface area contributed by atoms with Crippen LogP contribution < -0.4 is 5.32 Å². The molecule has 21 heavy (non-hydrogen) atoms. The molecule has 0 bridgehead atoms. The molecule has 2 saturated heterocycles. The summed E-state index contributed by atoms with van der Waals surface area (Å²) >= 11 is 3.49. The fourth-order valence-corrected chi connectivity index (χ4v) is 3.88. The molecule has 2 unspecified atom stereocenters. The molecule has 1 aromatic heterocycles. The van der Waals surface area contributed by atoms with E-state index in [4.69, 9.17) is 0 Å². The molecule has 2 fully saturated rings. The fourth-order valence-electron chi connectivity index (χ4n) is 3.44. The second kappa shape index (κ2) is 6.71. The van der Waals surface area contributed by atoms with Gasteiger partial charge in [0.15, 0.2) is 0 Å². The SMILES string of the molecule is CC(C)n1cc(Br)cc1C(=O)N1CCC2NCCC2C1.Cl. The number of carbonyl (C=O) groups excluding carboxylic acids is 1. The molecule has 2 aliphatic rings. The summed E-state index contributed by atoms with van der Waals surface area (Å²) in [7, 11) is 0. The van der Waals surface area contributed by atoms with E-state index in [0.29, 0.717) is 18.0 Å². The Labute approximate surface area is 140 Å². The molecular weight excluding hydrogens is 354 g/mol. The highest BCUT2D eigenvalue weighted by Crippen LogP contribution is 2.27. The average molecular weight is 377 g/mol. The number of nitrogens with zero attached hydrogens (tertiary/aromatic N) is 2. The maximum Gasteiger partial charge on any atom is 0.270 e. The summed E-state index contributed by atoms with van der Waals surface area (Å²) in [5.41, 5.74) is 0.802. The number of piperidine rings is 1. The van der Waals surface area contributed by atoms with Crippen molar-refractivity contribution in [1.29, 1.82) is 0 Å². The number of halogens is 2. The molecule has 1 amide bonds. The first kappa shape index (κ1) is 16.8. The van der Waals surface area contributed by atoms with E-state index < -0.39 is 0 Å². The van der Waals surface area contributed by atoms with Crippen molar-refractivity contribution < 1.29 is 4.79 Å². The minimum Gasteiger partial charge on any atom is -0.340 e. The second-order valence-electron chi connectivity index (χ2n) is 6.19. The van der Waals surface area contributed by atoms with Gasteiger partial charge in [0.05, 0.1) is 0 Å². The Bertz CT molecular complexity index is 517. The maximum atomic E-state index is 12.8. The Hall–Kier alpha value is -0.520. The third-order valence-corrected chi connectivity index (χ3v) is 4.97. The van der Waals surface area contributed by atoms with Gasteiger partial charge in [0.1, 0.15) is 5.69 Å². The van der Waals surface area contributed by atoms with Crippen molar-refractivity contribution in [3.05, 3.63) is 22.4 Å². The van der Waals surface area contributed by atoms with Gasteiger partial charge < -0.3 is 14.8 Å². The molecule has 4 nitrogen and oxygen atoms in total. The molecule has 118 valence electrons. The average Bonchev–Trinajstić information content (AvgIpc) is 3.02. The molecule has 2 aliphatic heterocycles. The molecule has 2 atom stereocenters. The summed E-state index contributed by atoms with van der Waals surface area (Å²) in [5, 5.41) is 3.54. The zero-order valence-electron chi connectivity index (χ0n) is 12.5. The quantitative estimate of drug-likeness (QED) is 0.861. The van der Waals surface area contributed by atoms with Gasteiger partial charge in [0.2, 0.25) is 0 Å². The number of nitrogens with one attached hydrogen (secondary N) is 1. The molecule has 1 N–H and O–H groups in total. The van der Waals surface area contributed by atoms with Crippen molar-refractivity contribution in [3.8, 4) is 0 Å². The number of likely N-dealkylation sites (tertiary alicyclic amines) is 1. The van der Waals surface area contributed by atoms with Crippen LogP contribution in [0.2, 0.25) is 0 Å². The smallest absolute Gasteiger partial charge is 0.270 e. The van der Waals surface area contributed by atoms with E-state index in [-0.39, 0.29) is 18.3 Å². The van der Waals surface area contributed by atoms with Crippen LogP contribution in [0, 0.1) is 5.92 Å². The lowest BCUT2D eigenvalue weighted by molar-refractivity contribution is 0.0649. The minimum absolute atomic E-state index is 0. The number of aromatic nitrogens is 1. The van der Waals surface area contributed by atoms with Crippen molar-refractivity contribution >= 4 is 34.2 Å². The van der Waals surface area contributed by atoms with Gasteiger partial charge >= 0.3 is 0 Å². The standard InChI is InChI=1S/C15H22BrN3O.ClH/c1-10(2)19-9-12(16)7-14(19)15(20)18-6-4-13-11(8-18)3-5-17-13;/h7,9-11,13,17H,3-6,8H2,1-2H3;1H. The summed E-state index contributed by atoms with van der Waals surface area (Å²) in [6.45, 7) is 7.09. The highest BCUT2D eigenvalue weighted by atomic mass is 79.9. The van der Waals surface area contributed by atoms with Crippen LogP contribution in [0.25, 0.3) is 0 Å². The van der Waals surface area contributed by atoms with Gasteiger partial charge in [-0.3, -0.25) is 4.79 Å². The van der Waals surface area contributed by atoms with E-state index in [9.17, 15) is 4.79 Å². The van der Waals surface area contributed by atoms with E-state index in [0.717, 1.165) is 36.2 Å². The predicted molar refractivity (Wildman–Crippen MR) is 90.2 cm³/mol. The maximum absolute atomic E-state index is 12.8. The van der Waals surface area contributed by atoms with E-state index in [1.165, 1.54) is 6.42 Å². The normalized spacial score (nSPS) is 24.9. The van der Waals surface area contributed by atoms with Crippen LogP contribution in [-0.2, 0) is 0 Å². The Morgan fingerprint density at radius 3 is 2.90 bits per heavy atom. The molecule has 6 heteroatoms. The largest absolute Gasteiger partial charge is 0.340 e. The van der Waals surface area contributed by atoms with Gasteiger partial charge in [-0.15, -0.1) is 12.4 Å². The van der Waals surface area contributed by atoms with Gasteiger partial charge in [-0.1, -0.05) is 0 Å². The molecule has 3 rings (SSSR count). The highest BCUT2D eigenvalue weighted by molar-refractivity contribution is 9.10. The second-order valence-corrected chi connectivity index (χ2v) is 7.11. The Balaban J connectivity index is 0.00000161. The van der Waals surface area contributed by atoms with Crippen LogP contribution in [-0.4, -0.2) is 41.1 Å². The first-order valence-corrected chi connectivity index (χ1v) is 8.25. The number of hydrogen-bond donors (Lipinski definition) is 1. The van der Waals surface area contributed by atoms with Crippen molar-refractivity contribution in [3.63, 3.8) is 0 Å². The van der Waals surface area contributed by atoms with E-state index in [1.54, 1.807) is 0 Å². The zero-order valence-corrected chi connectivity index (χ0v) is 14.9. The predicted octanol–water partition coefficient (Wildman–Crippen LogP) is 3.08. The number of carbonyl (C=O) groups is 1. The third-order valence-electron chi connectivity index (χ3n) is 4.53. The first-order valence-electron chi connectivity index (χ1n) is 7.46. The number of amides is 1. The van der Waals surface area contributed by atoms with Crippen LogP contribution in [0.15, 0.2) is 16.7 Å². The molecular formula is C15H23BrClN3O. The molecule has 0 aromatic carbocycles. The van der Waals surface area contributed by atoms with Crippen LogP contribution in [0.4, 0.5) is 0 Å². The summed E-state index contributed by atoms with van der Waals surface area (Å²) in [4.78, 5) is 14.8. The highest BCUT2D eigenvalue weighted by Gasteiger charge is 2.35. The number of rotatable bonds is 2.